The van der Waals surface area contributed by atoms with Gasteiger partial charge in [0.05, 0.1) is 11.4 Å². The minimum absolute atomic E-state index is 0.184. The van der Waals surface area contributed by atoms with Gasteiger partial charge < -0.3 is 10.2 Å². The number of hydrogen-bond donors (Lipinski definition) is 1. The van der Waals surface area contributed by atoms with Gasteiger partial charge in [0.15, 0.2) is 0 Å². The number of nitrogens with zero attached hydrogens (tertiary/aromatic N) is 2. The van der Waals surface area contributed by atoms with Gasteiger partial charge in [-0.25, -0.2) is 8.42 Å². The van der Waals surface area contributed by atoms with Crippen LogP contribution in [-0.4, -0.2) is 64.3 Å². The van der Waals surface area contributed by atoms with Crippen molar-refractivity contribution in [3.8, 4) is 0 Å². The number of carbonyl (C=O) groups is 1. The molecular formula is C13H21N3O3S. The summed E-state index contributed by atoms with van der Waals surface area (Å²) in [6.45, 7) is 1.01. The van der Waals surface area contributed by atoms with Gasteiger partial charge in [-0.2, -0.15) is 4.31 Å². The Morgan fingerprint density at radius 3 is 2.30 bits per heavy atom. The first-order chi connectivity index (χ1) is 9.34. The Balaban J connectivity index is 2.58. The van der Waals surface area contributed by atoms with Gasteiger partial charge in [0.2, 0.25) is 15.9 Å². The summed E-state index contributed by atoms with van der Waals surface area (Å²) < 4.78 is 25.4. The van der Waals surface area contributed by atoms with Crippen molar-refractivity contribution >= 4 is 15.9 Å². The Labute approximate surface area is 120 Å². The second-order valence-corrected chi connectivity index (χ2v) is 6.77. The third kappa shape index (κ3) is 4.92. The highest BCUT2D eigenvalue weighted by molar-refractivity contribution is 7.89. The van der Waals surface area contributed by atoms with Crippen molar-refractivity contribution in [1.82, 2.24) is 14.5 Å². The molecule has 0 atom stereocenters. The highest BCUT2D eigenvalue weighted by atomic mass is 32.2. The summed E-state index contributed by atoms with van der Waals surface area (Å²) in [6.07, 6.45) is 0. The second kappa shape index (κ2) is 7.37. The van der Waals surface area contributed by atoms with E-state index in [4.69, 9.17) is 0 Å². The lowest BCUT2D eigenvalue weighted by Crippen LogP contribution is -2.40. The van der Waals surface area contributed by atoms with Gasteiger partial charge in [0.25, 0.3) is 0 Å². The first-order valence-corrected chi connectivity index (χ1v) is 7.71. The molecule has 6 nitrogen and oxygen atoms in total. The van der Waals surface area contributed by atoms with E-state index in [1.54, 1.807) is 18.2 Å². The molecule has 1 amide bonds. The molecule has 0 aliphatic rings. The molecule has 0 saturated heterocycles. The van der Waals surface area contributed by atoms with Gasteiger partial charge in [0.1, 0.15) is 0 Å². The molecule has 1 rings (SSSR count). The maximum Gasteiger partial charge on any atom is 0.243 e. The number of benzene rings is 1. The smallest absolute Gasteiger partial charge is 0.243 e. The highest BCUT2D eigenvalue weighted by Gasteiger charge is 2.22. The third-order valence-corrected chi connectivity index (χ3v) is 4.52. The Kier molecular flexibility index (Phi) is 6.12. The molecule has 1 aromatic carbocycles. The number of rotatable bonds is 7. The molecule has 0 aliphatic heterocycles. The first kappa shape index (κ1) is 16.6. The van der Waals surface area contributed by atoms with E-state index in [0.29, 0.717) is 13.1 Å². The molecule has 0 aliphatic carbocycles. The van der Waals surface area contributed by atoms with Gasteiger partial charge in [-0.3, -0.25) is 4.79 Å². The summed E-state index contributed by atoms with van der Waals surface area (Å²) in [5.41, 5.74) is 0. The number of carbonyl (C=O) groups excluding carboxylic acids is 1. The van der Waals surface area contributed by atoms with Crippen LogP contribution in [0, 0.1) is 0 Å². The number of nitrogens with one attached hydrogen (secondary N) is 1. The van der Waals surface area contributed by atoms with Crippen molar-refractivity contribution in [3.63, 3.8) is 0 Å². The quantitative estimate of drug-likeness (QED) is 0.768. The SMILES string of the molecule is CN(C)CCNC(=O)CN(C)S(=O)(=O)c1ccccc1. The van der Waals surface area contributed by atoms with Gasteiger partial charge in [0, 0.05) is 20.1 Å². The molecule has 0 bridgehead atoms. The maximum atomic E-state index is 12.2. The molecule has 0 spiro atoms. The predicted octanol–water partition coefficient (Wildman–Crippen LogP) is -0.0151. The Morgan fingerprint density at radius 2 is 1.75 bits per heavy atom. The van der Waals surface area contributed by atoms with Crippen LogP contribution in [0.4, 0.5) is 0 Å². The lowest BCUT2D eigenvalue weighted by Gasteiger charge is -2.17. The van der Waals surface area contributed by atoms with Crippen molar-refractivity contribution in [3.05, 3.63) is 30.3 Å². The van der Waals surface area contributed by atoms with Crippen LogP contribution in [0.1, 0.15) is 0 Å². The number of sulfonamides is 1. The zero-order chi connectivity index (χ0) is 15.2. The largest absolute Gasteiger partial charge is 0.354 e. The van der Waals surface area contributed by atoms with Gasteiger partial charge in [-0.05, 0) is 26.2 Å². The number of amides is 1. The molecule has 1 N–H and O–H groups in total. The van der Waals surface area contributed by atoms with Crippen LogP contribution in [0.5, 0.6) is 0 Å². The molecule has 112 valence electrons. The summed E-state index contributed by atoms with van der Waals surface area (Å²) in [6, 6.07) is 8.06. The van der Waals surface area contributed by atoms with Crippen molar-refractivity contribution < 1.29 is 13.2 Å². The van der Waals surface area contributed by atoms with Gasteiger partial charge in [-0.15, -0.1) is 0 Å². The van der Waals surface area contributed by atoms with E-state index in [1.807, 2.05) is 19.0 Å². The molecule has 0 unspecified atom stereocenters. The van der Waals surface area contributed by atoms with Crippen LogP contribution in [0.2, 0.25) is 0 Å². The van der Waals surface area contributed by atoms with Gasteiger partial charge >= 0.3 is 0 Å². The summed E-state index contributed by atoms with van der Waals surface area (Å²) in [4.78, 5) is 13.8. The van der Waals surface area contributed by atoms with E-state index in [9.17, 15) is 13.2 Å². The lowest BCUT2D eigenvalue weighted by atomic mass is 10.4. The fourth-order valence-electron chi connectivity index (χ4n) is 1.53. The van der Waals surface area contributed by atoms with Crippen molar-refractivity contribution in [2.45, 2.75) is 4.90 Å². The molecule has 1 aromatic rings. The topological polar surface area (TPSA) is 69.7 Å². The average molecular weight is 299 g/mol. The van der Waals surface area contributed by atoms with E-state index in [1.165, 1.54) is 19.2 Å². The summed E-state index contributed by atoms with van der Waals surface area (Å²) in [7, 11) is 1.59. The molecule has 0 saturated carbocycles. The van der Waals surface area contributed by atoms with E-state index < -0.39 is 10.0 Å². The Hall–Kier alpha value is -1.44. The second-order valence-electron chi connectivity index (χ2n) is 4.73. The van der Waals surface area contributed by atoms with Gasteiger partial charge in [-0.1, -0.05) is 18.2 Å². The first-order valence-electron chi connectivity index (χ1n) is 6.27. The molecule has 0 heterocycles. The fourth-order valence-corrected chi connectivity index (χ4v) is 2.68. The Bertz CT molecular complexity index is 529. The maximum absolute atomic E-state index is 12.2. The Morgan fingerprint density at radius 1 is 1.15 bits per heavy atom. The molecule has 0 radical (unpaired) electrons. The molecule has 0 aromatic heterocycles. The molecule has 20 heavy (non-hydrogen) atoms. The number of hydrogen-bond acceptors (Lipinski definition) is 4. The van der Waals surface area contributed by atoms with Crippen LogP contribution < -0.4 is 5.32 Å². The normalized spacial score (nSPS) is 11.8. The average Bonchev–Trinajstić information content (AvgIpc) is 2.39. The van der Waals surface area contributed by atoms with Crippen LogP contribution in [-0.2, 0) is 14.8 Å². The zero-order valence-corrected chi connectivity index (χ0v) is 12.9. The molecule has 7 heteroatoms. The van der Waals surface area contributed by atoms with Crippen molar-refractivity contribution in [2.75, 3.05) is 40.8 Å². The number of likely N-dealkylation sites (N-methyl/N-ethyl adjacent to an activating group) is 2. The summed E-state index contributed by atoms with van der Waals surface area (Å²) in [5, 5.41) is 2.68. The minimum atomic E-state index is -3.61. The predicted molar refractivity (Wildman–Crippen MR) is 77.8 cm³/mol. The van der Waals surface area contributed by atoms with Crippen LogP contribution in [0.3, 0.4) is 0 Å². The van der Waals surface area contributed by atoms with E-state index in [0.717, 1.165) is 4.31 Å². The molecule has 0 fully saturated rings. The van der Waals surface area contributed by atoms with Crippen LogP contribution >= 0.6 is 0 Å². The lowest BCUT2D eigenvalue weighted by molar-refractivity contribution is -0.121. The van der Waals surface area contributed by atoms with E-state index in [2.05, 4.69) is 5.32 Å². The summed E-state index contributed by atoms with van der Waals surface area (Å²) >= 11 is 0. The molecular weight excluding hydrogens is 278 g/mol. The van der Waals surface area contributed by atoms with Crippen LogP contribution in [0.15, 0.2) is 35.2 Å². The minimum Gasteiger partial charge on any atom is -0.354 e. The van der Waals surface area contributed by atoms with E-state index >= 15 is 0 Å². The van der Waals surface area contributed by atoms with E-state index in [-0.39, 0.29) is 17.3 Å². The highest BCUT2D eigenvalue weighted by Crippen LogP contribution is 2.12. The zero-order valence-electron chi connectivity index (χ0n) is 12.0. The third-order valence-electron chi connectivity index (χ3n) is 2.70. The van der Waals surface area contributed by atoms with Crippen LogP contribution in [0.25, 0.3) is 0 Å². The monoisotopic (exact) mass is 299 g/mol. The fraction of sp³-hybridized carbons (Fsp3) is 0.462. The summed E-state index contributed by atoms with van der Waals surface area (Å²) in [5.74, 6) is -0.311. The van der Waals surface area contributed by atoms with Crippen molar-refractivity contribution in [2.24, 2.45) is 0 Å². The van der Waals surface area contributed by atoms with Crippen molar-refractivity contribution in [1.29, 1.82) is 0 Å². The standard InChI is InChI=1S/C13H21N3O3S/c1-15(2)10-9-14-13(17)11-16(3)20(18,19)12-7-5-4-6-8-12/h4-8H,9-11H2,1-3H3,(H,14,17).